The first-order valence-corrected chi connectivity index (χ1v) is 9.39. The number of benzene rings is 2. The number of nitrogens with one attached hydrogen (secondary N) is 1. The van der Waals surface area contributed by atoms with E-state index in [2.05, 4.69) is 5.32 Å². The Balaban J connectivity index is 1.63. The topological polar surface area (TPSA) is 55.9 Å². The number of carbonyl (C=O) groups excluding carboxylic acids is 2. The molecule has 3 amide bonds. The number of hydrazine groups is 1. The maximum atomic E-state index is 13.0. The van der Waals surface area contributed by atoms with Gasteiger partial charge in [-0.25, -0.2) is 14.8 Å². The number of carbonyl (C=O) groups is 2. The largest absolute Gasteiger partial charge is 0.416 e. The van der Waals surface area contributed by atoms with E-state index in [4.69, 9.17) is 0 Å². The van der Waals surface area contributed by atoms with Gasteiger partial charge in [0.25, 0.3) is 0 Å². The molecule has 12 heteroatoms. The lowest BCUT2D eigenvalue weighted by molar-refractivity contribution is -0.138. The zero-order chi connectivity index (χ0) is 23.5. The molecule has 32 heavy (non-hydrogen) atoms. The molecule has 1 heterocycles. The number of urea groups is 1. The molecule has 172 valence electrons. The first kappa shape index (κ1) is 23.4. The minimum Gasteiger partial charge on any atom is -0.322 e. The molecule has 0 aromatic heterocycles. The van der Waals surface area contributed by atoms with Gasteiger partial charge < -0.3 is 10.2 Å². The molecule has 0 bridgehead atoms. The first-order valence-electron chi connectivity index (χ1n) is 9.39. The average Bonchev–Trinajstić information content (AvgIpc) is 2.74. The number of alkyl halides is 6. The summed E-state index contributed by atoms with van der Waals surface area (Å²) in [5.74, 6) is 0. The second kappa shape index (κ2) is 9.07. The quantitative estimate of drug-likeness (QED) is 0.542. The van der Waals surface area contributed by atoms with Crippen LogP contribution in [0.5, 0.6) is 0 Å². The van der Waals surface area contributed by atoms with Crippen molar-refractivity contribution in [2.75, 3.05) is 36.5 Å². The average molecular weight is 460 g/mol. The third-order valence-electron chi connectivity index (χ3n) is 4.83. The number of halogens is 6. The smallest absolute Gasteiger partial charge is 0.322 e. The second-order valence-electron chi connectivity index (χ2n) is 6.95. The van der Waals surface area contributed by atoms with E-state index in [9.17, 15) is 35.9 Å². The van der Waals surface area contributed by atoms with Gasteiger partial charge in [-0.15, -0.1) is 0 Å². The molecule has 0 radical (unpaired) electrons. The molecule has 0 spiro atoms. The molecule has 1 aliphatic heterocycles. The highest BCUT2D eigenvalue weighted by Crippen LogP contribution is 2.32. The van der Waals surface area contributed by atoms with Crippen LogP contribution < -0.4 is 10.3 Å². The minimum atomic E-state index is -4.56. The van der Waals surface area contributed by atoms with E-state index in [1.54, 1.807) is 0 Å². The zero-order valence-corrected chi connectivity index (χ0v) is 16.5. The lowest BCUT2D eigenvalue weighted by Crippen LogP contribution is -2.55. The fraction of sp³-hybridized carbons (Fsp3) is 0.300. The van der Waals surface area contributed by atoms with Gasteiger partial charge in [0.2, 0.25) is 6.41 Å². The van der Waals surface area contributed by atoms with E-state index >= 15 is 0 Å². The van der Waals surface area contributed by atoms with Gasteiger partial charge in [0.05, 0.1) is 16.8 Å². The normalized spacial score (nSPS) is 15.4. The third-order valence-corrected chi connectivity index (χ3v) is 4.83. The van der Waals surface area contributed by atoms with Crippen molar-refractivity contribution in [3.8, 4) is 0 Å². The highest BCUT2D eigenvalue weighted by atomic mass is 19.4. The Morgan fingerprint density at radius 1 is 0.875 bits per heavy atom. The Morgan fingerprint density at radius 3 is 2.00 bits per heavy atom. The molecule has 0 unspecified atom stereocenters. The molecule has 2 aromatic rings. The number of rotatable bonds is 4. The van der Waals surface area contributed by atoms with Crippen LogP contribution >= 0.6 is 0 Å². The molecule has 0 aliphatic carbocycles. The van der Waals surface area contributed by atoms with Crippen molar-refractivity contribution < 1.29 is 35.9 Å². The van der Waals surface area contributed by atoms with Crippen LogP contribution in [-0.4, -0.2) is 48.5 Å². The van der Waals surface area contributed by atoms with Crippen LogP contribution in [0.2, 0.25) is 0 Å². The van der Waals surface area contributed by atoms with Crippen molar-refractivity contribution in [1.29, 1.82) is 0 Å². The molecule has 1 aliphatic rings. The van der Waals surface area contributed by atoms with Crippen LogP contribution in [0.1, 0.15) is 11.1 Å². The third kappa shape index (κ3) is 5.49. The number of amides is 3. The van der Waals surface area contributed by atoms with Crippen molar-refractivity contribution in [3.05, 3.63) is 59.7 Å². The van der Waals surface area contributed by atoms with Crippen molar-refractivity contribution in [1.82, 2.24) is 9.91 Å². The van der Waals surface area contributed by atoms with Crippen LogP contribution in [0.15, 0.2) is 48.5 Å². The van der Waals surface area contributed by atoms with Crippen molar-refractivity contribution in [3.63, 3.8) is 0 Å². The Bertz CT molecular complexity index is 971. The van der Waals surface area contributed by atoms with E-state index in [0.717, 1.165) is 29.3 Å². The SMILES string of the molecule is O=CN(c1cccc(C(F)(F)F)c1)N1CCN(C(=O)Nc2cccc(C(F)(F)F)c2)CC1. The summed E-state index contributed by atoms with van der Waals surface area (Å²) < 4.78 is 77.3. The molecule has 6 nitrogen and oxygen atoms in total. The zero-order valence-electron chi connectivity index (χ0n) is 16.5. The fourth-order valence-corrected chi connectivity index (χ4v) is 3.21. The van der Waals surface area contributed by atoms with Gasteiger partial charge in [-0.1, -0.05) is 12.1 Å². The summed E-state index contributed by atoms with van der Waals surface area (Å²) in [7, 11) is 0. The van der Waals surface area contributed by atoms with Gasteiger partial charge in [-0.3, -0.25) is 4.79 Å². The predicted molar refractivity (Wildman–Crippen MR) is 104 cm³/mol. The molecule has 1 saturated heterocycles. The lowest BCUT2D eigenvalue weighted by Gasteiger charge is -2.39. The molecule has 2 aromatic carbocycles. The first-order chi connectivity index (χ1) is 15.0. The lowest BCUT2D eigenvalue weighted by atomic mass is 10.2. The van der Waals surface area contributed by atoms with Gasteiger partial charge in [0, 0.05) is 31.9 Å². The standard InChI is InChI=1S/C20H18F6N4O2/c21-19(22,23)14-3-1-5-16(11-14)27-18(32)28-7-9-29(10-8-28)30(13-31)17-6-2-4-15(12-17)20(24,25)26/h1-6,11-13H,7-10H2,(H,27,32). The Morgan fingerprint density at radius 2 is 1.44 bits per heavy atom. The van der Waals surface area contributed by atoms with Crippen molar-refractivity contribution in [2.24, 2.45) is 0 Å². The molecule has 3 rings (SSSR count). The van der Waals surface area contributed by atoms with Crippen molar-refractivity contribution >= 4 is 23.8 Å². The molecular weight excluding hydrogens is 442 g/mol. The second-order valence-corrected chi connectivity index (χ2v) is 6.95. The van der Waals surface area contributed by atoms with Gasteiger partial charge >= 0.3 is 18.4 Å². The highest BCUT2D eigenvalue weighted by molar-refractivity contribution is 5.89. The van der Waals surface area contributed by atoms with Gasteiger partial charge in [-0.2, -0.15) is 26.3 Å². The summed E-state index contributed by atoms with van der Waals surface area (Å²) in [5, 5.41) is 4.92. The number of nitrogens with zero attached hydrogens (tertiary/aromatic N) is 3. The highest BCUT2D eigenvalue weighted by Gasteiger charge is 2.32. The van der Waals surface area contributed by atoms with E-state index in [0.29, 0.717) is 6.41 Å². The maximum Gasteiger partial charge on any atom is 0.416 e. The molecule has 1 fully saturated rings. The minimum absolute atomic E-state index is 0.0225. The van der Waals surface area contributed by atoms with E-state index in [1.807, 2.05) is 0 Å². The van der Waals surface area contributed by atoms with Crippen molar-refractivity contribution in [2.45, 2.75) is 12.4 Å². The van der Waals surface area contributed by atoms with Gasteiger partial charge in [0.1, 0.15) is 0 Å². The van der Waals surface area contributed by atoms with Crippen LogP contribution in [0, 0.1) is 0 Å². The van der Waals surface area contributed by atoms with E-state index in [-0.39, 0.29) is 37.6 Å². The summed E-state index contributed by atoms with van der Waals surface area (Å²) in [4.78, 5) is 25.3. The summed E-state index contributed by atoms with van der Waals surface area (Å²) in [6.45, 7) is 0.470. The van der Waals surface area contributed by atoms with Crippen LogP contribution in [0.25, 0.3) is 0 Å². The summed E-state index contributed by atoms with van der Waals surface area (Å²) >= 11 is 0. The van der Waals surface area contributed by atoms with Crippen LogP contribution in [0.4, 0.5) is 42.5 Å². The van der Waals surface area contributed by atoms with E-state index < -0.39 is 29.5 Å². The predicted octanol–water partition coefficient (Wildman–Crippen LogP) is 4.45. The Labute approximate surface area is 179 Å². The van der Waals surface area contributed by atoms with Crippen LogP contribution in [0.3, 0.4) is 0 Å². The van der Waals surface area contributed by atoms with Crippen LogP contribution in [-0.2, 0) is 17.1 Å². The Hall–Kier alpha value is -3.28. The summed E-state index contributed by atoms with van der Waals surface area (Å²) in [5.41, 5.74) is -1.80. The number of hydrogen-bond donors (Lipinski definition) is 1. The Kier molecular flexibility index (Phi) is 6.63. The molecule has 0 atom stereocenters. The van der Waals surface area contributed by atoms with Gasteiger partial charge in [0.15, 0.2) is 0 Å². The van der Waals surface area contributed by atoms with Gasteiger partial charge in [-0.05, 0) is 36.4 Å². The molecule has 0 saturated carbocycles. The maximum absolute atomic E-state index is 13.0. The molecule has 1 N–H and O–H groups in total. The summed E-state index contributed by atoms with van der Waals surface area (Å²) in [6, 6.07) is 7.86. The number of piperazine rings is 1. The summed E-state index contributed by atoms with van der Waals surface area (Å²) in [6.07, 6.45) is -8.73. The number of anilines is 2. The molecular formula is C20H18F6N4O2. The fourth-order valence-electron chi connectivity index (χ4n) is 3.21. The number of hydrogen-bond acceptors (Lipinski definition) is 3. The van der Waals surface area contributed by atoms with E-state index in [1.165, 1.54) is 34.2 Å². The monoisotopic (exact) mass is 460 g/mol.